The molecule has 0 aromatic heterocycles. The van der Waals surface area contributed by atoms with Crippen molar-refractivity contribution in [1.82, 2.24) is 0 Å². The molecule has 0 aliphatic carbocycles. The molecule has 2 heteroatoms. The van der Waals surface area contributed by atoms with Gasteiger partial charge in [-0.05, 0) is 55.0 Å². The van der Waals surface area contributed by atoms with Crippen LogP contribution in [0, 0.1) is 11.6 Å². The molecule has 0 aliphatic heterocycles. The van der Waals surface area contributed by atoms with E-state index >= 15 is 0 Å². The molecule has 22 heavy (non-hydrogen) atoms. The molecule has 0 nitrogen and oxygen atoms in total. The van der Waals surface area contributed by atoms with Crippen LogP contribution in [0.25, 0.3) is 6.08 Å². The van der Waals surface area contributed by atoms with Gasteiger partial charge in [0.1, 0.15) is 11.6 Å². The molecule has 0 bridgehead atoms. The number of rotatable bonds is 6. The van der Waals surface area contributed by atoms with E-state index in [0.717, 1.165) is 18.4 Å². The molecule has 0 saturated carbocycles. The number of allylic oxidation sites excluding steroid dienone is 1. The summed E-state index contributed by atoms with van der Waals surface area (Å²) in [6.07, 6.45) is 6.65. The smallest absolute Gasteiger partial charge is 0.129 e. The first kappa shape index (κ1) is 16.4. The van der Waals surface area contributed by atoms with Crippen molar-refractivity contribution in [1.29, 1.82) is 0 Å². The minimum atomic E-state index is -0.416. The van der Waals surface area contributed by atoms with Crippen LogP contribution in [-0.2, 0) is 19.3 Å². The standard InChI is InChI=1S/C20H22F2/c1-3-5-15-7-9-16(10-8-15)11-12-17-13-19(21)18(6-4-2)20(22)14-17/h3,5,7-10,13-14H,4,6,11-12H2,1-2H3/b5-3+. The molecule has 2 aromatic rings. The summed E-state index contributed by atoms with van der Waals surface area (Å²) in [6.45, 7) is 3.91. The zero-order valence-electron chi connectivity index (χ0n) is 13.2. The van der Waals surface area contributed by atoms with Crippen LogP contribution in [0.2, 0.25) is 0 Å². The van der Waals surface area contributed by atoms with Crippen molar-refractivity contribution in [3.63, 3.8) is 0 Å². The highest BCUT2D eigenvalue weighted by Gasteiger charge is 2.10. The number of hydrogen-bond acceptors (Lipinski definition) is 0. The van der Waals surface area contributed by atoms with Gasteiger partial charge in [0.15, 0.2) is 0 Å². The molecular formula is C20H22F2. The fourth-order valence-electron chi connectivity index (χ4n) is 2.57. The predicted octanol–water partition coefficient (Wildman–Crippen LogP) is 5.74. The Kier molecular flexibility index (Phi) is 5.88. The summed E-state index contributed by atoms with van der Waals surface area (Å²) in [7, 11) is 0. The van der Waals surface area contributed by atoms with Gasteiger partial charge in [0, 0.05) is 5.56 Å². The Morgan fingerprint density at radius 2 is 1.45 bits per heavy atom. The summed E-state index contributed by atoms with van der Waals surface area (Å²) >= 11 is 0. The Labute approximate surface area is 131 Å². The first-order valence-electron chi connectivity index (χ1n) is 7.82. The van der Waals surface area contributed by atoms with Gasteiger partial charge in [-0.15, -0.1) is 0 Å². The third-order valence-corrected chi connectivity index (χ3v) is 3.74. The van der Waals surface area contributed by atoms with Gasteiger partial charge in [0.2, 0.25) is 0 Å². The maximum absolute atomic E-state index is 13.9. The molecule has 2 aromatic carbocycles. The van der Waals surface area contributed by atoms with Gasteiger partial charge in [-0.25, -0.2) is 8.78 Å². The van der Waals surface area contributed by atoms with Crippen molar-refractivity contribution in [3.8, 4) is 0 Å². The topological polar surface area (TPSA) is 0 Å². The summed E-state index contributed by atoms with van der Waals surface area (Å²) in [4.78, 5) is 0. The lowest BCUT2D eigenvalue weighted by Gasteiger charge is -2.08. The number of hydrogen-bond donors (Lipinski definition) is 0. The Morgan fingerprint density at radius 3 is 2.00 bits per heavy atom. The van der Waals surface area contributed by atoms with Gasteiger partial charge in [-0.1, -0.05) is 49.8 Å². The Hall–Kier alpha value is -1.96. The largest absolute Gasteiger partial charge is 0.207 e. The summed E-state index contributed by atoms with van der Waals surface area (Å²) in [5.74, 6) is -0.833. The van der Waals surface area contributed by atoms with Crippen LogP contribution in [0.4, 0.5) is 8.78 Å². The molecule has 0 heterocycles. The van der Waals surface area contributed by atoms with Gasteiger partial charge in [0.25, 0.3) is 0 Å². The van der Waals surface area contributed by atoms with E-state index in [9.17, 15) is 8.78 Å². The average Bonchev–Trinajstić information content (AvgIpc) is 2.50. The van der Waals surface area contributed by atoms with E-state index in [0.29, 0.717) is 18.4 Å². The molecule has 0 aliphatic rings. The van der Waals surface area contributed by atoms with E-state index < -0.39 is 11.6 Å². The highest BCUT2D eigenvalue weighted by atomic mass is 19.1. The monoisotopic (exact) mass is 300 g/mol. The second-order valence-corrected chi connectivity index (χ2v) is 5.53. The average molecular weight is 300 g/mol. The van der Waals surface area contributed by atoms with Crippen molar-refractivity contribution in [2.24, 2.45) is 0 Å². The van der Waals surface area contributed by atoms with Crippen molar-refractivity contribution >= 4 is 6.08 Å². The minimum absolute atomic E-state index is 0.210. The molecule has 0 fully saturated rings. The quantitative estimate of drug-likeness (QED) is 0.638. The molecule has 0 atom stereocenters. The Bertz CT molecular complexity index is 616. The van der Waals surface area contributed by atoms with Gasteiger partial charge in [-0.2, -0.15) is 0 Å². The van der Waals surface area contributed by atoms with E-state index in [1.54, 1.807) is 0 Å². The Morgan fingerprint density at radius 1 is 0.864 bits per heavy atom. The van der Waals surface area contributed by atoms with Crippen LogP contribution in [0.15, 0.2) is 42.5 Å². The first-order valence-corrected chi connectivity index (χ1v) is 7.82. The fraction of sp³-hybridized carbons (Fsp3) is 0.300. The predicted molar refractivity (Wildman–Crippen MR) is 88.9 cm³/mol. The molecular weight excluding hydrogens is 278 g/mol. The maximum Gasteiger partial charge on any atom is 0.129 e. The summed E-state index contributed by atoms with van der Waals surface area (Å²) in [5.41, 5.74) is 3.26. The third-order valence-electron chi connectivity index (χ3n) is 3.74. The zero-order chi connectivity index (χ0) is 15.9. The van der Waals surface area contributed by atoms with E-state index in [1.165, 1.54) is 17.7 Å². The maximum atomic E-state index is 13.9. The number of halogens is 2. The summed E-state index contributed by atoms with van der Waals surface area (Å²) in [5, 5.41) is 0. The normalized spacial score (nSPS) is 11.3. The van der Waals surface area contributed by atoms with Crippen LogP contribution in [0.1, 0.15) is 42.5 Å². The van der Waals surface area contributed by atoms with Crippen LogP contribution in [0.3, 0.4) is 0 Å². The van der Waals surface area contributed by atoms with E-state index in [-0.39, 0.29) is 5.56 Å². The van der Waals surface area contributed by atoms with Gasteiger partial charge >= 0.3 is 0 Å². The van der Waals surface area contributed by atoms with Crippen molar-refractivity contribution < 1.29 is 8.78 Å². The van der Waals surface area contributed by atoms with Crippen LogP contribution >= 0.6 is 0 Å². The molecule has 2 rings (SSSR count). The van der Waals surface area contributed by atoms with Crippen LogP contribution in [-0.4, -0.2) is 0 Å². The molecule has 0 unspecified atom stereocenters. The second kappa shape index (κ2) is 7.88. The summed E-state index contributed by atoms with van der Waals surface area (Å²) in [6, 6.07) is 11.2. The van der Waals surface area contributed by atoms with Gasteiger partial charge < -0.3 is 0 Å². The molecule has 116 valence electrons. The van der Waals surface area contributed by atoms with Gasteiger partial charge in [-0.3, -0.25) is 0 Å². The molecule has 0 N–H and O–H groups in total. The van der Waals surface area contributed by atoms with Crippen molar-refractivity contribution in [2.75, 3.05) is 0 Å². The third kappa shape index (κ3) is 4.27. The van der Waals surface area contributed by atoms with Crippen LogP contribution < -0.4 is 0 Å². The highest BCUT2D eigenvalue weighted by molar-refractivity contribution is 5.49. The minimum Gasteiger partial charge on any atom is -0.207 e. The first-order chi connectivity index (χ1) is 10.6. The highest BCUT2D eigenvalue weighted by Crippen LogP contribution is 2.19. The van der Waals surface area contributed by atoms with E-state index in [2.05, 4.69) is 24.3 Å². The fourth-order valence-corrected chi connectivity index (χ4v) is 2.57. The van der Waals surface area contributed by atoms with Crippen LogP contribution in [0.5, 0.6) is 0 Å². The number of aryl methyl sites for hydroxylation is 2. The Balaban J connectivity index is 2.05. The lowest BCUT2D eigenvalue weighted by molar-refractivity contribution is 0.549. The number of benzene rings is 2. The lowest BCUT2D eigenvalue weighted by atomic mass is 10.00. The van der Waals surface area contributed by atoms with Crippen molar-refractivity contribution in [3.05, 3.63) is 76.4 Å². The summed E-state index contributed by atoms with van der Waals surface area (Å²) < 4.78 is 27.8. The second-order valence-electron chi connectivity index (χ2n) is 5.53. The zero-order valence-corrected chi connectivity index (χ0v) is 13.2. The molecule has 0 radical (unpaired) electrons. The van der Waals surface area contributed by atoms with Gasteiger partial charge in [0.05, 0.1) is 0 Å². The SMILES string of the molecule is C/C=C/c1ccc(CCc2cc(F)c(CCC)c(F)c2)cc1. The molecule has 0 spiro atoms. The van der Waals surface area contributed by atoms with E-state index in [1.807, 2.05) is 26.0 Å². The van der Waals surface area contributed by atoms with E-state index in [4.69, 9.17) is 0 Å². The molecule has 0 saturated heterocycles. The molecule has 0 amide bonds. The van der Waals surface area contributed by atoms with Crippen molar-refractivity contribution in [2.45, 2.75) is 39.5 Å². The lowest BCUT2D eigenvalue weighted by Crippen LogP contribution is -2.00.